The molecule has 0 atom stereocenters. The molecule has 0 aromatic heterocycles. The Morgan fingerprint density at radius 2 is 2.21 bits per heavy atom. The summed E-state index contributed by atoms with van der Waals surface area (Å²) in [4.78, 5) is 0. The molecule has 1 N–H and O–H groups in total. The fraction of sp³-hybridized carbons (Fsp3) is 0.273. The number of rotatable bonds is 0. The van der Waals surface area contributed by atoms with E-state index in [4.69, 9.17) is 11.6 Å². The van der Waals surface area contributed by atoms with Crippen molar-refractivity contribution in [3.63, 3.8) is 0 Å². The minimum absolute atomic E-state index is 0.328. The Kier molecular flexibility index (Phi) is 2.72. The number of hydrogen-bond acceptors (Lipinski definition) is 1. The summed E-state index contributed by atoms with van der Waals surface area (Å²) >= 11 is 5.82. The lowest BCUT2D eigenvalue weighted by Crippen LogP contribution is -2.40. The largest absolute Gasteiger partial charge is 0.314 e. The third-order valence-corrected chi connectivity index (χ3v) is 2.44. The molecule has 1 aromatic rings. The van der Waals surface area contributed by atoms with Crippen LogP contribution in [0.25, 0.3) is 0 Å². The highest BCUT2D eigenvalue weighted by molar-refractivity contribution is 6.31. The second kappa shape index (κ2) is 4.00. The van der Waals surface area contributed by atoms with Gasteiger partial charge < -0.3 is 5.32 Å². The van der Waals surface area contributed by atoms with Gasteiger partial charge in [-0.1, -0.05) is 23.4 Å². The quantitative estimate of drug-likeness (QED) is 0.645. The standard InChI is InChI=1S/C11H9ClFN/c12-11-5-10(13)4-3-9(11)2-1-8-6-14-7-8/h3-5,8,14H,6-7H2. The van der Waals surface area contributed by atoms with Gasteiger partial charge in [-0.2, -0.15) is 0 Å². The van der Waals surface area contributed by atoms with Gasteiger partial charge in [0.1, 0.15) is 5.82 Å². The van der Waals surface area contributed by atoms with Crippen molar-refractivity contribution < 1.29 is 4.39 Å². The van der Waals surface area contributed by atoms with Gasteiger partial charge in [-0.05, 0) is 18.2 Å². The molecule has 0 spiro atoms. The zero-order valence-electron chi connectivity index (χ0n) is 7.48. The van der Waals surface area contributed by atoms with Crippen LogP contribution in [-0.2, 0) is 0 Å². The average molecular weight is 210 g/mol. The van der Waals surface area contributed by atoms with Crippen molar-refractivity contribution in [1.29, 1.82) is 0 Å². The minimum atomic E-state index is -0.328. The average Bonchev–Trinajstić information content (AvgIpc) is 2.05. The third kappa shape index (κ3) is 2.06. The molecule has 0 unspecified atom stereocenters. The van der Waals surface area contributed by atoms with Crippen LogP contribution in [0.1, 0.15) is 5.56 Å². The molecule has 1 aliphatic rings. The third-order valence-electron chi connectivity index (χ3n) is 2.12. The number of benzene rings is 1. The van der Waals surface area contributed by atoms with Crippen LogP contribution in [0.2, 0.25) is 5.02 Å². The Morgan fingerprint density at radius 1 is 1.43 bits per heavy atom. The topological polar surface area (TPSA) is 12.0 Å². The van der Waals surface area contributed by atoms with Crippen molar-refractivity contribution in [2.75, 3.05) is 13.1 Å². The molecule has 72 valence electrons. The zero-order chi connectivity index (χ0) is 9.97. The highest BCUT2D eigenvalue weighted by Crippen LogP contribution is 2.16. The zero-order valence-corrected chi connectivity index (χ0v) is 8.24. The predicted octanol–water partition coefficient (Wildman–Crippen LogP) is 2.05. The molecule has 0 radical (unpaired) electrons. The molecule has 1 aliphatic heterocycles. The highest BCUT2D eigenvalue weighted by Gasteiger charge is 2.12. The normalized spacial score (nSPS) is 15.6. The van der Waals surface area contributed by atoms with Crippen LogP contribution < -0.4 is 5.32 Å². The second-order valence-corrected chi connectivity index (χ2v) is 3.66. The van der Waals surface area contributed by atoms with Crippen LogP contribution in [0.4, 0.5) is 4.39 Å². The lowest BCUT2D eigenvalue weighted by molar-refractivity contribution is 0.432. The summed E-state index contributed by atoms with van der Waals surface area (Å²) in [5.74, 6) is 6.11. The summed E-state index contributed by atoms with van der Waals surface area (Å²) in [7, 11) is 0. The monoisotopic (exact) mass is 209 g/mol. The van der Waals surface area contributed by atoms with Crippen LogP contribution in [0, 0.1) is 23.6 Å². The first-order chi connectivity index (χ1) is 6.75. The molecule has 0 aliphatic carbocycles. The van der Waals surface area contributed by atoms with Crippen LogP contribution in [0.3, 0.4) is 0 Å². The van der Waals surface area contributed by atoms with Crippen LogP contribution in [-0.4, -0.2) is 13.1 Å². The van der Waals surface area contributed by atoms with Gasteiger partial charge in [-0.3, -0.25) is 0 Å². The fourth-order valence-corrected chi connectivity index (χ4v) is 1.38. The van der Waals surface area contributed by atoms with Crippen molar-refractivity contribution in [3.05, 3.63) is 34.6 Å². The molecule has 1 aromatic carbocycles. The SMILES string of the molecule is Fc1ccc(C#CC2CNC2)c(Cl)c1. The van der Waals surface area contributed by atoms with Gasteiger partial charge in [0.25, 0.3) is 0 Å². The number of nitrogens with one attached hydrogen (secondary N) is 1. The summed E-state index contributed by atoms with van der Waals surface area (Å²) in [5, 5.41) is 3.51. The Balaban J connectivity index is 2.18. The summed E-state index contributed by atoms with van der Waals surface area (Å²) in [5.41, 5.74) is 0.694. The Bertz CT molecular complexity index is 401. The van der Waals surface area contributed by atoms with Crippen molar-refractivity contribution in [2.45, 2.75) is 0 Å². The lowest BCUT2D eigenvalue weighted by Gasteiger charge is -2.21. The van der Waals surface area contributed by atoms with Crippen LogP contribution >= 0.6 is 11.6 Å². The molecule has 0 amide bonds. The van der Waals surface area contributed by atoms with Crippen molar-refractivity contribution in [2.24, 2.45) is 5.92 Å². The van der Waals surface area contributed by atoms with E-state index >= 15 is 0 Å². The van der Waals surface area contributed by atoms with Crippen molar-refractivity contribution >= 4 is 11.6 Å². The van der Waals surface area contributed by atoms with Gasteiger partial charge in [0.05, 0.1) is 5.02 Å². The van der Waals surface area contributed by atoms with E-state index in [0.717, 1.165) is 13.1 Å². The van der Waals surface area contributed by atoms with E-state index in [2.05, 4.69) is 17.2 Å². The molecule has 2 rings (SSSR count). The predicted molar refractivity (Wildman–Crippen MR) is 54.6 cm³/mol. The first kappa shape index (κ1) is 9.51. The second-order valence-electron chi connectivity index (χ2n) is 3.25. The maximum absolute atomic E-state index is 12.7. The summed E-state index contributed by atoms with van der Waals surface area (Å²) in [6, 6.07) is 4.26. The van der Waals surface area contributed by atoms with Gasteiger partial charge in [0.15, 0.2) is 0 Å². The number of halogens is 2. The van der Waals surface area contributed by atoms with E-state index in [9.17, 15) is 4.39 Å². The first-order valence-electron chi connectivity index (χ1n) is 4.43. The maximum atomic E-state index is 12.7. The van der Waals surface area contributed by atoms with Crippen LogP contribution in [0.15, 0.2) is 18.2 Å². The molecule has 1 fully saturated rings. The van der Waals surface area contributed by atoms with E-state index in [-0.39, 0.29) is 5.82 Å². The Hall–Kier alpha value is -1.04. The first-order valence-corrected chi connectivity index (χ1v) is 4.81. The molecule has 0 saturated carbocycles. The molecular formula is C11H9ClFN. The summed E-state index contributed by atoms with van der Waals surface area (Å²) in [6.07, 6.45) is 0. The Labute approximate surface area is 87.3 Å². The van der Waals surface area contributed by atoms with E-state index in [1.165, 1.54) is 12.1 Å². The smallest absolute Gasteiger partial charge is 0.124 e. The molecular weight excluding hydrogens is 201 g/mol. The van der Waals surface area contributed by atoms with E-state index < -0.39 is 0 Å². The highest BCUT2D eigenvalue weighted by atomic mass is 35.5. The summed E-state index contributed by atoms with van der Waals surface area (Å²) in [6.45, 7) is 1.87. The van der Waals surface area contributed by atoms with Gasteiger partial charge in [-0.25, -0.2) is 4.39 Å². The molecule has 1 heterocycles. The minimum Gasteiger partial charge on any atom is -0.314 e. The van der Waals surface area contributed by atoms with E-state index in [1.807, 2.05) is 0 Å². The maximum Gasteiger partial charge on any atom is 0.124 e. The molecule has 1 nitrogen and oxygen atoms in total. The van der Waals surface area contributed by atoms with Gasteiger partial charge in [-0.15, -0.1) is 0 Å². The number of hydrogen-bond donors (Lipinski definition) is 1. The summed E-state index contributed by atoms with van der Waals surface area (Å²) < 4.78 is 12.7. The van der Waals surface area contributed by atoms with E-state index in [0.29, 0.717) is 16.5 Å². The van der Waals surface area contributed by atoms with Gasteiger partial charge in [0, 0.05) is 24.6 Å². The van der Waals surface area contributed by atoms with E-state index in [1.54, 1.807) is 6.07 Å². The van der Waals surface area contributed by atoms with Crippen LogP contribution in [0.5, 0.6) is 0 Å². The molecule has 1 saturated heterocycles. The lowest BCUT2D eigenvalue weighted by atomic mass is 10.0. The molecule has 14 heavy (non-hydrogen) atoms. The van der Waals surface area contributed by atoms with Crippen molar-refractivity contribution in [1.82, 2.24) is 5.32 Å². The molecule has 0 bridgehead atoms. The van der Waals surface area contributed by atoms with Gasteiger partial charge >= 0.3 is 0 Å². The van der Waals surface area contributed by atoms with Crippen molar-refractivity contribution in [3.8, 4) is 11.8 Å². The fourth-order valence-electron chi connectivity index (χ4n) is 1.16. The molecule has 3 heteroatoms. The van der Waals surface area contributed by atoms with Gasteiger partial charge in [0.2, 0.25) is 0 Å². The Morgan fingerprint density at radius 3 is 2.79 bits per heavy atom.